The first-order valence-corrected chi connectivity index (χ1v) is 7.44. The normalized spacial score (nSPS) is 16.0. The lowest BCUT2D eigenvalue weighted by atomic mass is 10.2. The molecule has 0 aromatic heterocycles. The van der Waals surface area contributed by atoms with Crippen molar-refractivity contribution in [3.05, 3.63) is 0 Å². The molecule has 3 amide bonds. The van der Waals surface area contributed by atoms with E-state index in [-0.39, 0.29) is 24.8 Å². The van der Waals surface area contributed by atoms with Gasteiger partial charge in [0.1, 0.15) is 0 Å². The van der Waals surface area contributed by atoms with Crippen LogP contribution in [0.15, 0.2) is 0 Å². The van der Waals surface area contributed by atoms with E-state index < -0.39 is 5.97 Å². The van der Waals surface area contributed by atoms with E-state index in [1.54, 1.807) is 4.90 Å². The lowest BCUT2D eigenvalue weighted by Gasteiger charge is -2.36. The fraction of sp³-hybridized carbons (Fsp3) is 0.786. The van der Waals surface area contributed by atoms with Gasteiger partial charge in [-0.2, -0.15) is 0 Å². The number of carbonyl (C=O) groups is 3. The highest BCUT2D eigenvalue weighted by molar-refractivity contribution is 5.94. The molecule has 1 fully saturated rings. The lowest BCUT2D eigenvalue weighted by molar-refractivity contribution is -0.137. The largest absolute Gasteiger partial charge is 0.481 e. The molecular formula is C14H25N3O4. The number of aliphatic carboxylic acids is 1. The number of carbonyl (C=O) groups excluding carboxylic acids is 2. The first-order valence-electron chi connectivity index (χ1n) is 7.44. The summed E-state index contributed by atoms with van der Waals surface area (Å²) in [4.78, 5) is 37.8. The number of nitrogens with one attached hydrogen (secondary N) is 1. The van der Waals surface area contributed by atoms with Gasteiger partial charge in [-0.25, -0.2) is 4.79 Å². The van der Waals surface area contributed by atoms with E-state index in [1.807, 2.05) is 0 Å². The van der Waals surface area contributed by atoms with Crippen LogP contribution in [0.3, 0.4) is 0 Å². The fourth-order valence-electron chi connectivity index (χ4n) is 2.26. The number of hydrogen-bond acceptors (Lipinski definition) is 4. The van der Waals surface area contributed by atoms with Crippen LogP contribution >= 0.6 is 0 Å². The second-order valence-electron chi connectivity index (χ2n) is 5.57. The van der Waals surface area contributed by atoms with Gasteiger partial charge >= 0.3 is 12.0 Å². The van der Waals surface area contributed by atoms with Crippen molar-refractivity contribution in [2.75, 3.05) is 26.2 Å². The van der Waals surface area contributed by atoms with Crippen molar-refractivity contribution < 1.29 is 19.5 Å². The quantitative estimate of drug-likeness (QED) is 0.711. The Morgan fingerprint density at radius 3 is 2.14 bits per heavy atom. The smallest absolute Gasteiger partial charge is 0.324 e. The molecule has 0 aromatic carbocycles. The van der Waals surface area contributed by atoms with Crippen molar-refractivity contribution in [3.8, 4) is 0 Å². The molecule has 0 radical (unpaired) electrons. The number of rotatable bonds is 6. The van der Waals surface area contributed by atoms with Crippen LogP contribution in [0.2, 0.25) is 0 Å². The van der Waals surface area contributed by atoms with Gasteiger partial charge in [-0.15, -0.1) is 0 Å². The number of imide groups is 1. The Morgan fingerprint density at radius 2 is 1.62 bits per heavy atom. The minimum Gasteiger partial charge on any atom is -0.481 e. The van der Waals surface area contributed by atoms with Crippen LogP contribution in [-0.2, 0) is 9.59 Å². The average molecular weight is 299 g/mol. The van der Waals surface area contributed by atoms with E-state index in [4.69, 9.17) is 5.11 Å². The SMILES string of the molecule is CC(C)N1CCN(C(=O)NC(=O)CCCCC(=O)O)CC1. The van der Waals surface area contributed by atoms with Crippen LogP contribution < -0.4 is 5.32 Å². The molecule has 0 bridgehead atoms. The van der Waals surface area contributed by atoms with E-state index in [1.165, 1.54) is 0 Å². The van der Waals surface area contributed by atoms with Crippen LogP contribution in [0, 0.1) is 0 Å². The second kappa shape index (κ2) is 8.61. The topological polar surface area (TPSA) is 90.0 Å². The van der Waals surface area contributed by atoms with Gasteiger partial charge in [-0.05, 0) is 26.7 Å². The molecule has 120 valence electrons. The van der Waals surface area contributed by atoms with Gasteiger partial charge in [-0.3, -0.25) is 19.8 Å². The number of hydrogen-bond donors (Lipinski definition) is 2. The lowest BCUT2D eigenvalue weighted by Crippen LogP contribution is -2.54. The van der Waals surface area contributed by atoms with Crippen LogP contribution in [0.5, 0.6) is 0 Å². The molecule has 0 unspecified atom stereocenters. The number of unbranched alkanes of at least 4 members (excludes halogenated alkanes) is 1. The highest BCUT2D eigenvalue weighted by atomic mass is 16.4. The summed E-state index contributed by atoms with van der Waals surface area (Å²) < 4.78 is 0. The molecule has 7 nitrogen and oxygen atoms in total. The van der Waals surface area contributed by atoms with Crippen molar-refractivity contribution in [3.63, 3.8) is 0 Å². The third kappa shape index (κ3) is 6.57. The van der Waals surface area contributed by atoms with Crippen LogP contribution in [-0.4, -0.2) is 65.0 Å². The number of amides is 3. The Bertz CT molecular complexity index is 376. The van der Waals surface area contributed by atoms with Crippen molar-refractivity contribution in [2.45, 2.75) is 45.6 Å². The van der Waals surface area contributed by atoms with Gasteiger partial charge in [0.05, 0.1) is 0 Å². The maximum Gasteiger partial charge on any atom is 0.324 e. The Balaban J connectivity index is 2.21. The molecule has 1 rings (SSSR count). The third-order valence-electron chi connectivity index (χ3n) is 3.62. The fourth-order valence-corrected chi connectivity index (χ4v) is 2.26. The molecular weight excluding hydrogens is 274 g/mol. The minimum absolute atomic E-state index is 0.0540. The van der Waals surface area contributed by atoms with E-state index in [2.05, 4.69) is 24.1 Å². The molecule has 0 spiro atoms. The van der Waals surface area contributed by atoms with E-state index in [0.717, 1.165) is 13.1 Å². The van der Waals surface area contributed by atoms with Gasteiger partial charge < -0.3 is 10.0 Å². The summed E-state index contributed by atoms with van der Waals surface area (Å²) in [5.41, 5.74) is 0. The summed E-state index contributed by atoms with van der Waals surface area (Å²) in [6.07, 6.45) is 1.17. The Hall–Kier alpha value is -1.63. The molecule has 1 aliphatic heterocycles. The molecule has 7 heteroatoms. The van der Waals surface area contributed by atoms with E-state index in [9.17, 15) is 14.4 Å². The van der Waals surface area contributed by atoms with Crippen molar-refractivity contribution in [2.24, 2.45) is 0 Å². The zero-order valence-corrected chi connectivity index (χ0v) is 12.8. The highest BCUT2D eigenvalue weighted by Crippen LogP contribution is 2.06. The Morgan fingerprint density at radius 1 is 1.05 bits per heavy atom. The van der Waals surface area contributed by atoms with Crippen LogP contribution in [0.25, 0.3) is 0 Å². The van der Waals surface area contributed by atoms with Crippen molar-refractivity contribution in [1.29, 1.82) is 0 Å². The zero-order chi connectivity index (χ0) is 15.8. The number of urea groups is 1. The zero-order valence-electron chi connectivity index (χ0n) is 12.8. The number of nitrogens with zero attached hydrogens (tertiary/aromatic N) is 2. The monoisotopic (exact) mass is 299 g/mol. The number of carboxylic acids is 1. The van der Waals surface area contributed by atoms with E-state index >= 15 is 0 Å². The number of carboxylic acid groups (broad SMARTS) is 1. The maximum absolute atomic E-state index is 11.9. The number of piperazine rings is 1. The third-order valence-corrected chi connectivity index (χ3v) is 3.62. The molecule has 0 aromatic rings. The predicted octanol–water partition coefficient (Wildman–Crippen LogP) is 0.894. The summed E-state index contributed by atoms with van der Waals surface area (Å²) in [5, 5.41) is 10.9. The Labute approximate surface area is 125 Å². The first-order chi connectivity index (χ1) is 9.90. The standard InChI is InChI=1S/C14H25N3O4/c1-11(2)16-7-9-17(10-8-16)14(21)15-12(18)5-3-4-6-13(19)20/h11H,3-10H2,1-2H3,(H,19,20)(H,15,18,21). The molecule has 1 saturated heterocycles. The van der Waals surface area contributed by atoms with Crippen molar-refractivity contribution >= 4 is 17.9 Å². The molecule has 0 atom stereocenters. The molecule has 21 heavy (non-hydrogen) atoms. The van der Waals surface area contributed by atoms with Gasteiger partial charge in [0.25, 0.3) is 0 Å². The van der Waals surface area contributed by atoms with Gasteiger partial charge in [-0.1, -0.05) is 0 Å². The van der Waals surface area contributed by atoms with E-state index in [0.29, 0.717) is 32.0 Å². The Kier molecular flexibility index (Phi) is 7.14. The summed E-state index contributed by atoms with van der Waals surface area (Å²) in [6, 6.07) is 0.118. The van der Waals surface area contributed by atoms with Gasteiger partial charge in [0, 0.05) is 45.1 Å². The van der Waals surface area contributed by atoms with Crippen LogP contribution in [0.1, 0.15) is 39.5 Å². The summed E-state index contributed by atoms with van der Waals surface area (Å²) in [5.74, 6) is -1.20. The molecule has 0 saturated carbocycles. The molecule has 1 aliphatic rings. The summed E-state index contributed by atoms with van der Waals surface area (Å²) in [6.45, 7) is 7.12. The van der Waals surface area contributed by atoms with Crippen molar-refractivity contribution in [1.82, 2.24) is 15.1 Å². The molecule has 1 heterocycles. The van der Waals surface area contributed by atoms with Gasteiger partial charge in [0.2, 0.25) is 5.91 Å². The predicted molar refractivity (Wildman–Crippen MR) is 77.9 cm³/mol. The first kappa shape index (κ1) is 17.4. The van der Waals surface area contributed by atoms with Gasteiger partial charge in [0.15, 0.2) is 0 Å². The second-order valence-corrected chi connectivity index (χ2v) is 5.57. The maximum atomic E-state index is 11.9. The highest BCUT2D eigenvalue weighted by Gasteiger charge is 2.23. The molecule has 0 aliphatic carbocycles. The summed E-state index contributed by atoms with van der Waals surface area (Å²) >= 11 is 0. The average Bonchev–Trinajstić information content (AvgIpc) is 2.43. The van der Waals surface area contributed by atoms with Crippen LogP contribution in [0.4, 0.5) is 4.79 Å². The summed E-state index contributed by atoms with van der Waals surface area (Å²) in [7, 11) is 0. The minimum atomic E-state index is -0.866. The molecule has 2 N–H and O–H groups in total.